The summed E-state index contributed by atoms with van der Waals surface area (Å²) in [5.74, 6) is -0.311. The molecule has 1 aromatic heterocycles. The van der Waals surface area contributed by atoms with Crippen molar-refractivity contribution in [1.29, 1.82) is 0 Å². The molecule has 5 heteroatoms. The molecule has 2 heterocycles. The number of aromatic nitrogens is 1. The highest BCUT2D eigenvalue weighted by molar-refractivity contribution is 5.95. The Bertz CT molecular complexity index is 1200. The number of carbonyl (C=O) groups is 1. The third-order valence-corrected chi connectivity index (χ3v) is 5.60. The maximum absolute atomic E-state index is 13.6. The average molecular weight is 386 g/mol. The van der Waals surface area contributed by atoms with E-state index in [2.05, 4.69) is 11.1 Å². The molecule has 1 unspecified atom stereocenters. The van der Waals surface area contributed by atoms with Crippen LogP contribution in [0.1, 0.15) is 33.2 Å². The summed E-state index contributed by atoms with van der Waals surface area (Å²) in [7, 11) is 0. The van der Waals surface area contributed by atoms with Crippen molar-refractivity contribution < 1.29 is 14.3 Å². The van der Waals surface area contributed by atoms with E-state index >= 15 is 0 Å². The number of benzene rings is 3. The van der Waals surface area contributed by atoms with Crippen LogP contribution in [0.15, 0.2) is 72.8 Å². The number of phenols is 1. The van der Waals surface area contributed by atoms with Crippen molar-refractivity contribution in [2.24, 2.45) is 0 Å². The molecule has 0 spiro atoms. The maximum Gasteiger partial charge on any atom is 0.254 e. The normalized spacial score (nSPS) is 16.0. The molecule has 1 aliphatic rings. The molecule has 3 aromatic carbocycles. The van der Waals surface area contributed by atoms with Gasteiger partial charge in [0.2, 0.25) is 0 Å². The molecule has 0 aliphatic carbocycles. The van der Waals surface area contributed by atoms with Gasteiger partial charge in [0.1, 0.15) is 11.6 Å². The van der Waals surface area contributed by atoms with Crippen LogP contribution in [0.2, 0.25) is 0 Å². The second-order valence-corrected chi connectivity index (χ2v) is 7.31. The van der Waals surface area contributed by atoms with Gasteiger partial charge in [-0.15, -0.1) is 0 Å². The van der Waals surface area contributed by atoms with Crippen molar-refractivity contribution in [1.82, 2.24) is 9.88 Å². The van der Waals surface area contributed by atoms with Crippen molar-refractivity contribution in [2.75, 3.05) is 6.54 Å². The molecule has 1 amide bonds. The zero-order chi connectivity index (χ0) is 20.0. The summed E-state index contributed by atoms with van der Waals surface area (Å²) < 4.78 is 13.6. The molecule has 0 fully saturated rings. The predicted molar refractivity (Wildman–Crippen MR) is 109 cm³/mol. The highest BCUT2D eigenvalue weighted by atomic mass is 19.1. The number of H-pyrrole nitrogens is 1. The molecule has 1 aliphatic heterocycles. The Balaban J connectivity index is 1.65. The average Bonchev–Trinajstić information content (AvgIpc) is 3.12. The van der Waals surface area contributed by atoms with Gasteiger partial charge in [-0.25, -0.2) is 4.39 Å². The van der Waals surface area contributed by atoms with Crippen LogP contribution in [0.25, 0.3) is 10.9 Å². The third kappa shape index (κ3) is 2.95. The Morgan fingerprint density at radius 2 is 1.72 bits per heavy atom. The number of hydrogen-bond acceptors (Lipinski definition) is 2. The van der Waals surface area contributed by atoms with Gasteiger partial charge in [0.25, 0.3) is 5.91 Å². The van der Waals surface area contributed by atoms with Gasteiger partial charge in [-0.1, -0.05) is 30.3 Å². The Kier molecular flexibility index (Phi) is 4.09. The van der Waals surface area contributed by atoms with Gasteiger partial charge in [0.15, 0.2) is 0 Å². The fourth-order valence-corrected chi connectivity index (χ4v) is 4.22. The largest absolute Gasteiger partial charge is 0.508 e. The Labute approximate surface area is 167 Å². The number of rotatable bonds is 2. The number of amides is 1. The number of nitrogens with zero attached hydrogens (tertiary/aromatic N) is 1. The van der Waals surface area contributed by atoms with E-state index in [0.29, 0.717) is 12.1 Å². The summed E-state index contributed by atoms with van der Waals surface area (Å²) in [5, 5.41) is 10.7. The van der Waals surface area contributed by atoms with Gasteiger partial charge in [0, 0.05) is 28.7 Å². The van der Waals surface area contributed by atoms with Gasteiger partial charge >= 0.3 is 0 Å². The van der Waals surface area contributed by atoms with E-state index in [4.69, 9.17) is 0 Å². The number of fused-ring (bicyclic) bond motifs is 3. The predicted octanol–water partition coefficient (Wildman–Crippen LogP) is 4.80. The van der Waals surface area contributed by atoms with Gasteiger partial charge in [-0.05, 0) is 60.0 Å². The number of nitrogens with one attached hydrogen (secondary N) is 1. The van der Waals surface area contributed by atoms with Gasteiger partial charge in [0.05, 0.1) is 6.04 Å². The van der Waals surface area contributed by atoms with Crippen LogP contribution in [-0.2, 0) is 6.42 Å². The number of carbonyl (C=O) groups excluding carboxylic acids is 1. The Morgan fingerprint density at radius 3 is 2.48 bits per heavy atom. The third-order valence-electron chi connectivity index (χ3n) is 5.60. The van der Waals surface area contributed by atoms with Crippen LogP contribution in [0.5, 0.6) is 5.75 Å². The second-order valence-electron chi connectivity index (χ2n) is 7.31. The van der Waals surface area contributed by atoms with Crippen LogP contribution in [0, 0.1) is 5.82 Å². The molecular formula is C24H19FN2O2. The van der Waals surface area contributed by atoms with Crippen molar-refractivity contribution in [2.45, 2.75) is 12.5 Å². The molecule has 1 atom stereocenters. The van der Waals surface area contributed by atoms with E-state index < -0.39 is 0 Å². The number of para-hydroxylation sites is 1. The Morgan fingerprint density at radius 1 is 1.00 bits per heavy atom. The summed E-state index contributed by atoms with van der Waals surface area (Å²) in [6, 6.07) is 20.4. The number of aromatic hydroxyl groups is 1. The van der Waals surface area contributed by atoms with Crippen LogP contribution in [0.4, 0.5) is 4.39 Å². The van der Waals surface area contributed by atoms with Crippen molar-refractivity contribution in [3.05, 3.63) is 101 Å². The SMILES string of the molecule is O=C(c1ccc(O)cc1)N1CCc2c([nH]c3ccccc23)C1c1ccc(F)cc1. The highest BCUT2D eigenvalue weighted by Gasteiger charge is 2.34. The zero-order valence-electron chi connectivity index (χ0n) is 15.6. The second kappa shape index (κ2) is 6.78. The van der Waals surface area contributed by atoms with Crippen LogP contribution < -0.4 is 0 Å². The minimum absolute atomic E-state index is 0.119. The molecule has 0 saturated heterocycles. The summed E-state index contributed by atoms with van der Waals surface area (Å²) >= 11 is 0. The van der Waals surface area contributed by atoms with Crippen molar-refractivity contribution in [3.8, 4) is 5.75 Å². The number of phenolic OH excluding ortho intramolecular Hbond substituents is 1. The first kappa shape index (κ1) is 17.5. The minimum atomic E-state index is -0.340. The fourth-order valence-electron chi connectivity index (χ4n) is 4.22. The molecule has 29 heavy (non-hydrogen) atoms. The first-order chi connectivity index (χ1) is 14.1. The standard InChI is InChI=1S/C24H19FN2O2/c25-17-9-5-15(6-10-17)23-22-20(19-3-1-2-4-21(19)26-22)13-14-27(23)24(29)16-7-11-18(28)12-8-16/h1-12,23,26,28H,13-14H2. The topological polar surface area (TPSA) is 56.3 Å². The first-order valence-corrected chi connectivity index (χ1v) is 9.57. The summed E-state index contributed by atoms with van der Waals surface area (Å²) in [4.78, 5) is 18.7. The monoisotopic (exact) mass is 386 g/mol. The number of halogens is 1. The van der Waals surface area contributed by atoms with E-state index in [9.17, 15) is 14.3 Å². The molecule has 5 rings (SSSR count). The molecular weight excluding hydrogens is 367 g/mol. The lowest BCUT2D eigenvalue weighted by atomic mass is 9.91. The lowest BCUT2D eigenvalue weighted by Crippen LogP contribution is -2.40. The van der Waals surface area contributed by atoms with Crippen LogP contribution in [0.3, 0.4) is 0 Å². The molecule has 0 radical (unpaired) electrons. The first-order valence-electron chi connectivity index (χ1n) is 9.57. The quantitative estimate of drug-likeness (QED) is 0.520. The summed E-state index contributed by atoms with van der Waals surface area (Å²) in [6.45, 7) is 0.552. The van der Waals surface area contributed by atoms with E-state index in [1.807, 2.05) is 23.1 Å². The molecule has 0 saturated carbocycles. The molecule has 2 N–H and O–H groups in total. The lowest BCUT2D eigenvalue weighted by molar-refractivity contribution is 0.0692. The van der Waals surface area contributed by atoms with E-state index in [1.54, 1.807) is 24.3 Å². The van der Waals surface area contributed by atoms with Gasteiger partial charge < -0.3 is 15.0 Å². The lowest BCUT2D eigenvalue weighted by Gasteiger charge is -2.36. The van der Waals surface area contributed by atoms with Crippen molar-refractivity contribution >= 4 is 16.8 Å². The zero-order valence-corrected chi connectivity index (χ0v) is 15.6. The molecule has 144 valence electrons. The fraction of sp³-hybridized carbons (Fsp3) is 0.125. The number of hydrogen-bond donors (Lipinski definition) is 2. The van der Waals surface area contributed by atoms with E-state index in [-0.39, 0.29) is 23.5 Å². The van der Waals surface area contributed by atoms with Crippen LogP contribution >= 0.6 is 0 Å². The number of aromatic amines is 1. The van der Waals surface area contributed by atoms with Gasteiger partial charge in [-0.2, -0.15) is 0 Å². The minimum Gasteiger partial charge on any atom is -0.508 e. The molecule has 4 nitrogen and oxygen atoms in total. The summed E-state index contributed by atoms with van der Waals surface area (Å²) in [6.07, 6.45) is 0.737. The maximum atomic E-state index is 13.6. The van der Waals surface area contributed by atoms with Crippen molar-refractivity contribution in [3.63, 3.8) is 0 Å². The summed E-state index contributed by atoms with van der Waals surface area (Å²) in [5.41, 5.74) is 4.56. The van der Waals surface area contributed by atoms with E-state index in [1.165, 1.54) is 29.8 Å². The van der Waals surface area contributed by atoms with Gasteiger partial charge in [-0.3, -0.25) is 4.79 Å². The highest BCUT2D eigenvalue weighted by Crippen LogP contribution is 2.39. The Hall–Kier alpha value is -3.60. The van der Waals surface area contributed by atoms with Crippen LogP contribution in [-0.4, -0.2) is 27.4 Å². The molecule has 4 aromatic rings. The van der Waals surface area contributed by atoms with E-state index in [0.717, 1.165) is 28.6 Å². The molecule has 0 bridgehead atoms. The smallest absolute Gasteiger partial charge is 0.254 e.